The Morgan fingerprint density at radius 1 is 1.32 bits per heavy atom. The Morgan fingerprint density at radius 2 is 2.18 bits per heavy atom. The number of piperidine rings is 1. The topological polar surface area (TPSA) is 77.7 Å². The highest BCUT2D eigenvalue weighted by atomic mass is 16.2. The van der Waals surface area contributed by atoms with Crippen LogP contribution in [0, 0.1) is 6.92 Å². The molecule has 6 heteroatoms. The average Bonchev–Trinajstić information content (AvgIpc) is 3.11. The van der Waals surface area contributed by atoms with Crippen molar-refractivity contribution in [2.75, 3.05) is 13.1 Å². The van der Waals surface area contributed by atoms with E-state index in [1.807, 2.05) is 24.1 Å². The molecule has 0 radical (unpaired) electrons. The third-order valence-corrected chi connectivity index (χ3v) is 4.74. The molecule has 1 saturated heterocycles. The van der Waals surface area contributed by atoms with Crippen LogP contribution in [0.2, 0.25) is 0 Å². The van der Waals surface area contributed by atoms with E-state index in [1.165, 1.54) is 12.8 Å². The van der Waals surface area contributed by atoms with Crippen molar-refractivity contribution in [2.45, 2.75) is 44.4 Å². The summed E-state index contributed by atoms with van der Waals surface area (Å²) in [6.07, 6.45) is 6.32. The van der Waals surface area contributed by atoms with E-state index in [-0.39, 0.29) is 11.8 Å². The minimum absolute atomic E-state index is 0.112. The lowest BCUT2D eigenvalue weighted by Gasteiger charge is -2.31. The maximum atomic E-state index is 12.6. The first-order valence-electron chi connectivity index (χ1n) is 8.08. The third kappa shape index (κ3) is 2.42. The van der Waals surface area contributed by atoms with Crippen LogP contribution in [0.15, 0.2) is 12.3 Å². The summed E-state index contributed by atoms with van der Waals surface area (Å²) < 4.78 is 0. The molecule has 1 saturated carbocycles. The second kappa shape index (κ2) is 5.26. The molecule has 0 aromatic carbocycles. The summed E-state index contributed by atoms with van der Waals surface area (Å²) >= 11 is 0. The molecule has 4 rings (SSSR count). The lowest BCUT2D eigenvalue weighted by molar-refractivity contribution is 0.0704. The molecule has 6 nitrogen and oxygen atoms in total. The second-order valence-electron chi connectivity index (χ2n) is 6.46. The van der Waals surface area contributed by atoms with E-state index in [9.17, 15) is 4.79 Å². The van der Waals surface area contributed by atoms with Gasteiger partial charge in [0, 0.05) is 36.8 Å². The van der Waals surface area contributed by atoms with Crippen LogP contribution in [0.4, 0.5) is 0 Å². The van der Waals surface area contributed by atoms with Gasteiger partial charge < -0.3 is 9.88 Å². The molecule has 1 atom stereocenters. The number of hydrogen-bond acceptors (Lipinski definition) is 3. The summed E-state index contributed by atoms with van der Waals surface area (Å²) in [5.41, 5.74) is 1.70. The zero-order valence-electron chi connectivity index (χ0n) is 12.8. The van der Waals surface area contributed by atoms with Crippen molar-refractivity contribution in [3.8, 4) is 0 Å². The summed E-state index contributed by atoms with van der Waals surface area (Å²) in [7, 11) is 0. The summed E-state index contributed by atoms with van der Waals surface area (Å²) in [5.74, 6) is 2.86. The van der Waals surface area contributed by atoms with Crippen molar-refractivity contribution in [3.05, 3.63) is 35.2 Å². The molecule has 2 N–H and O–H groups in total. The highest BCUT2D eigenvalue weighted by Gasteiger charge is 2.31. The first-order valence-corrected chi connectivity index (χ1v) is 8.08. The van der Waals surface area contributed by atoms with Crippen LogP contribution >= 0.6 is 0 Å². The lowest BCUT2D eigenvalue weighted by atomic mass is 9.96. The van der Waals surface area contributed by atoms with Gasteiger partial charge in [-0.05, 0) is 38.7 Å². The van der Waals surface area contributed by atoms with E-state index >= 15 is 0 Å². The van der Waals surface area contributed by atoms with Crippen LogP contribution in [0.1, 0.15) is 65.2 Å². The fourth-order valence-corrected chi connectivity index (χ4v) is 3.24. The van der Waals surface area contributed by atoms with E-state index in [0.29, 0.717) is 12.5 Å². The molecule has 3 heterocycles. The molecular formula is C16H21N5O. The van der Waals surface area contributed by atoms with Crippen LogP contribution in [0.25, 0.3) is 0 Å². The number of likely N-dealkylation sites (tertiary alicyclic amines) is 1. The first kappa shape index (κ1) is 13.5. The molecule has 0 spiro atoms. The quantitative estimate of drug-likeness (QED) is 0.913. The molecular weight excluding hydrogens is 278 g/mol. The zero-order chi connectivity index (χ0) is 15.1. The van der Waals surface area contributed by atoms with Crippen LogP contribution in [0.5, 0.6) is 0 Å². The highest BCUT2D eigenvalue weighted by Crippen LogP contribution is 2.38. The number of carbonyl (C=O) groups excluding carboxylic acids is 1. The van der Waals surface area contributed by atoms with Gasteiger partial charge in [-0.25, -0.2) is 4.98 Å². The fraction of sp³-hybridized carbons (Fsp3) is 0.562. The molecule has 2 fully saturated rings. The molecule has 1 aliphatic carbocycles. The van der Waals surface area contributed by atoms with Crippen molar-refractivity contribution in [1.29, 1.82) is 0 Å². The van der Waals surface area contributed by atoms with Gasteiger partial charge in [-0.2, -0.15) is 5.10 Å². The smallest absolute Gasteiger partial charge is 0.255 e. The molecule has 1 amide bonds. The number of aromatic amines is 2. The molecule has 22 heavy (non-hydrogen) atoms. The second-order valence-corrected chi connectivity index (χ2v) is 6.46. The van der Waals surface area contributed by atoms with Gasteiger partial charge in [0.15, 0.2) is 5.82 Å². The Kier molecular flexibility index (Phi) is 3.24. The lowest BCUT2D eigenvalue weighted by Crippen LogP contribution is -2.39. The number of carbonyl (C=O) groups is 1. The molecule has 0 bridgehead atoms. The Hall–Kier alpha value is -2.11. The summed E-state index contributed by atoms with van der Waals surface area (Å²) in [6, 6.07) is 1.86. The standard InChI is InChI=1S/C16H21N5O/c1-10-13(6-7-17-10)16(22)21-8-2-3-12(9-21)15-18-14(19-20-15)11-4-5-11/h6-7,11-12,17H,2-5,8-9H2,1H3,(H,18,19,20). The van der Waals surface area contributed by atoms with Gasteiger partial charge in [0.05, 0.1) is 5.56 Å². The minimum Gasteiger partial charge on any atom is -0.365 e. The van der Waals surface area contributed by atoms with E-state index in [1.54, 1.807) is 0 Å². The summed E-state index contributed by atoms with van der Waals surface area (Å²) in [5, 5.41) is 7.47. The number of H-pyrrole nitrogens is 2. The van der Waals surface area contributed by atoms with Gasteiger partial charge in [0.25, 0.3) is 5.91 Å². The Morgan fingerprint density at radius 3 is 2.91 bits per heavy atom. The average molecular weight is 299 g/mol. The van der Waals surface area contributed by atoms with Crippen molar-refractivity contribution >= 4 is 5.91 Å². The summed E-state index contributed by atoms with van der Waals surface area (Å²) in [6.45, 7) is 3.47. The molecule has 1 unspecified atom stereocenters. The van der Waals surface area contributed by atoms with Gasteiger partial charge in [-0.3, -0.25) is 9.89 Å². The number of amides is 1. The fourth-order valence-electron chi connectivity index (χ4n) is 3.24. The Bertz CT molecular complexity index is 684. The third-order valence-electron chi connectivity index (χ3n) is 4.74. The number of hydrogen-bond donors (Lipinski definition) is 2. The van der Waals surface area contributed by atoms with E-state index < -0.39 is 0 Å². The largest absolute Gasteiger partial charge is 0.365 e. The predicted molar refractivity (Wildman–Crippen MR) is 81.8 cm³/mol. The van der Waals surface area contributed by atoms with E-state index in [2.05, 4.69) is 20.2 Å². The van der Waals surface area contributed by atoms with Crippen molar-refractivity contribution in [2.24, 2.45) is 0 Å². The van der Waals surface area contributed by atoms with Crippen LogP contribution < -0.4 is 0 Å². The monoisotopic (exact) mass is 299 g/mol. The first-order chi connectivity index (χ1) is 10.7. The highest BCUT2D eigenvalue weighted by molar-refractivity contribution is 5.95. The number of nitrogens with zero attached hydrogens (tertiary/aromatic N) is 3. The normalized spacial score (nSPS) is 22.0. The maximum Gasteiger partial charge on any atom is 0.255 e. The van der Waals surface area contributed by atoms with Crippen LogP contribution in [-0.4, -0.2) is 44.1 Å². The molecule has 1 aliphatic heterocycles. The number of aromatic nitrogens is 4. The van der Waals surface area contributed by atoms with Gasteiger partial charge in [0.2, 0.25) is 0 Å². The summed E-state index contributed by atoms with van der Waals surface area (Å²) in [4.78, 5) is 22.3. The van der Waals surface area contributed by atoms with E-state index in [0.717, 1.165) is 42.3 Å². The van der Waals surface area contributed by atoms with Gasteiger partial charge >= 0.3 is 0 Å². The van der Waals surface area contributed by atoms with Crippen LogP contribution in [-0.2, 0) is 0 Å². The van der Waals surface area contributed by atoms with Crippen molar-refractivity contribution < 1.29 is 4.79 Å². The van der Waals surface area contributed by atoms with Crippen LogP contribution in [0.3, 0.4) is 0 Å². The molecule has 2 aromatic heterocycles. The minimum atomic E-state index is 0.112. The van der Waals surface area contributed by atoms with Gasteiger partial charge in [-0.15, -0.1) is 0 Å². The number of rotatable bonds is 3. The van der Waals surface area contributed by atoms with Gasteiger partial charge in [0.1, 0.15) is 5.82 Å². The maximum absolute atomic E-state index is 12.6. The Balaban J connectivity index is 1.49. The van der Waals surface area contributed by atoms with Gasteiger partial charge in [-0.1, -0.05) is 0 Å². The SMILES string of the molecule is Cc1[nH]ccc1C(=O)N1CCCC(c2n[nH]c(C3CC3)n2)C1. The van der Waals surface area contributed by atoms with Crippen molar-refractivity contribution in [1.82, 2.24) is 25.1 Å². The Labute approximate surface area is 129 Å². The van der Waals surface area contributed by atoms with Crippen molar-refractivity contribution in [3.63, 3.8) is 0 Å². The molecule has 2 aliphatic rings. The predicted octanol–water partition coefficient (Wildman–Crippen LogP) is 2.34. The zero-order valence-corrected chi connectivity index (χ0v) is 12.8. The number of aryl methyl sites for hydroxylation is 1. The van der Waals surface area contributed by atoms with E-state index in [4.69, 9.17) is 0 Å². The molecule has 116 valence electrons. The molecule has 2 aromatic rings. The number of nitrogens with one attached hydrogen (secondary N) is 2.